The number of para-hydroxylation sites is 1. The van der Waals surface area contributed by atoms with Crippen molar-refractivity contribution in [3.8, 4) is 0 Å². The molecule has 0 saturated carbocycles. The molecule has 152 valence electrons. The number of rotatable bonds is 3. The molecule has 2 aromatic carbocycles. The molecule has 2 aliphatic heterocycles. The lowest BCUT2D eigenvalue weighted by Gasteiger charge is -2.36. The van der Waals surface area contributed by atoms with Gasteiger partial charge in [0.2, 0.25) is 21.8 Å². The lowest BCUT2D eigenvalue weighted by molar-refractivity contribution is -0.136. The zero-order valence-corrected chi connectivity index (χ0v) is 16.4. The molecule has 0 bridgehead atoms. The largest absolute Gasteiger partial charge is 0.340 e. The van der Waals surface area contributed by atoms with E-state index in [0.717, 1.165) is 17.7 Å². The number of carbonyl (C=O) groups excluding carboxylic acids is 2. The minimum absolute atomic E-state index is 0.0246. The predicted molar refractivity (Wildman–Crippen MR) is 104 cm³/mol. The molecule has 0 radical (unpaired) electrons. The molecule has 4 rings (SSSR count). The Kier molecular flexibility index (Phi) is 5.10. The van der Waals surface area contributed by atoms with Crippen LogP contribution in [0.15, 0.2) is 53.4 Å². The van der Waals surface area contributed by atoms with Crippen LogP contribution in [-0.2, 0) is 19.6 Å². The average molecular weight is 417 g/mol. The van der Waals surface area contributed by atoms with E-state index in [4.69, 9.17) is 0 Å². The minimum Gasteiger partial charge on any atom is -0.340 e. The van der Waals surface area contributed by atoms with E-state index in [1.54, 1.807) is 17.0 Å². The lowest BCUT2D eigenvalue weighted by Crippen LogP contribution is -2.52. The van der Waals surface area contributed by atoms with E-state index in [9.17, 15) is 22.4 Å². The number of sulfonamides is 1. The maximum atomic E-state index is 13.1. The first-order valence-corrected chi connectivity index (χ1v) is 10.7. The second-order valence-corrected chi connectivity index (χ2v) is 9.01. The Morgan fingerprint density at radius 2 is 1.66 bits per heavy atom. The lowest BCUT2D eigenvalue weighted by atomic mass is 9.89. The van der Waals surface area contributed by atoms with Crippen LogP contribution < -0.4 is 5.32 Å². The van der Waals surface area contributed by atoms with Crippen LogP contribution in [0.1, 0.15) is 17.9 Å². The number of nitrogens with zero attached hydrogens (tertiary/aromatic N) is 2. The first-order chi connectivity index (χ1) is 13.9. The maximum absolute atomic E-state index is 13.1. The van der Waals surface area contributed by atoms with Crippen LogP contribution in [0.5, 0.6) is 0 Å². The molecule has 2 aromatic rings. The molecule has 2 amide bonds. The van der Waals surface area contributed by atoms with Crippen LogP contribution >= 0.6 is 0 Å². The molecule has 2 heterocycles. The van der Waals surface area contributed by atoms with E-state index in [1.807, 2.05) is 12.1 Å². The van der Waals surface area contributed by atoms with Gasteiger partial charge in [0, 0.05) is 38.3 Å². The van der Waals surface area contributed by atoms with E-state index >= 15 is 0 Å². The summed E-state index contributed by atoms with van der Waals surface area (Å²) in [5.74, 6) is -1.46. The number of benzene rings is 2. The zero-order valence-electron chi connectivity index (χ0n) is 15.5. The van der Waals surface area contributed by atoms with Gasteiger partial charge >= 0.3 is 0 Å². The molecule has 7 nitrogen and oxygen atoms in total. The van der Waals surface area contributed by atoms with Crippen molar-refractivity contribution in [3.05, 3.63) is 59.9 Å². The molecular weight excluding hydrogens is 397 g/mol. The SMILES string of the molecule is O=C1CC(C(=O)N2CCN(S(=O)(=O)c3ccc(F)cc3)CC2)c2ccccc2N1. The summed E-state index contributed by atoms with van der Waals surface area (Å²) in [7, 11) is -3.75. The van der Waals surface area contributed by atoms with Gasteiger partial charge in [0.15, 0.2) is 0 Å². The molecule has 29 heavy (non-hydrogen) atoms. The van der Waals surface area contributed by atoms with Crippen molar-refractivity contribution in [2.24, 2.45) is 0 Å². The summed E-state index contributed by atoms with van der Waals surface area (Å²) in [6.45, 7) is 0.761. The van der Waals surface area contributed by atoms with E-state index in [0.29, 0.717) is 5.69 Å². The highest BCUT2D eigenvalue weighted by Crippen LogP contribution is 2.33. The summed E-state index contributed by atoms with van der Waals surface area (Å²) in [4.78, 5) is 26.7. The smallest absolute Gasteiger partial charge is 0.243 e. The summed E-state index contributed by atoms with van der Waals surface area (Å²) in [6.07, 6.45) is 0.0734. The molecule has 2 aliphatic rings. The number of piperazine rings is 1. The van der Waals surface area contributed by atoms with Gasteiger partial charge < -0.3 is 10.2 Å². The first-order valence-electron chi connectivity index (χ1n) is 9.29. The third kappa shape index (κ3) is 3.75. The molecule has 0 spiro atoms. The Hall–Kier alpha value is -2.78. The number of anilines is 1. The number of carbonyl (C=O) groups is 2. The van der Waals surface area contributed by atoms with Crippen molar-refractivity contribution in [1.29, 1.82) is 0 Å². The van der Waals surface area contributed by atoms with E-state index in [1.165, 1.54) is 16.4 Å². The Bertz CT molecular complexity index is 1050. The molecule has 1 saturated heterocycles. The highest BCUT2D eigenvalue weighted by Gasteiger charge is 2.36. The van der Waals surface area contributed by atoms with Gasteiger partial charge in [-0.25, -0.2) is 12.8 Å². The fourth-order valence-corrected chi connectivity index (χ4v) is 5.18. The first kappa shape index (κ1) is 19.5. The van der Waals surface area contributed by atoms with Gasteiger partial charge in [-0.05, 0) is 35.9 Å². The molecule has 0 aromatic heterocycles. The normalized spacial score (nSPS) is 20.1. The van der Waals surface area contributed by atoms with Crippen molar-refractivity contribution in [3.63, 3.8) is 0 Å². The summed E-state index contributed by atoms with van der Waals surface area (Å²) in [5, 5.41) is 2.77. The molecule has 0 aliphatic carbocycles. The molecule has 1 fully saturated rings. The van der Waals surface area contributed by atoms with Gasteiger partial charge in [0.05, 0.1) is 10.8 Å². The number of halogens is 1. The summed E-state index contributed by atoms with van der Waals surface area (Å²) in [5.41, 5.74) is 1.41. The Balaban J connectivity index is 1.47. The molecule has 1 N–H and O–H groups in total. The molecule has 1 atom stereocenters. The third-order valence-corrected chi connectivity index (χ3v) is 7.21. The quantitative estimate of drug-likeness (QED) is 0.825. The Morgan fingerprint density at radius 3 is 2.34 bits per heavy atom. The standard InChI is InChI=1S/C20H20FN3O4S/c21-14-5-7-15(8-6-14)29(27,28)24-11-9-23(10-12-24)20(26)17-13-19(25)22-18-4-2-1-3-16(17)18/h1-8,17H,9-13H2,(H,22,25). The Morgan fingerprint density at radius 1 is 1.00 bits per heavy atom. The maximum Gasteiger partial charge on any atom is 0.243 e. The van der Waals surface area contributed by atoms with Crippen LogP contribution in [0.3, 0.4) is 0 Å². The summed E-state index contributed by atoms with van der Waals surface area (Å²) >= 11 is 0. The predicted octanol–water partition coefficient (Wildman–Crippen LogP) is 1.78. The number of fused-ring (bicyclic) bond motifs is 1. The van der Waals surface area contributed by atoms with Crippen LogP contribution in [-0.4, -0.2) is 55.6 Å². The van der Waals surface area contributed by atoms with Crippen molar-refractivity contribution in [2.45, 2.75) is 17.2 Å². The number of hydrogen-bond acceptors (Lipinski definition) is 4. The second kappa shape index (κ2) is 7.57. The zero-order chi connectivity index (χ0) is 20.6. The van der Waals surface area contributed by atoms with Crippen LogP contribution in [0.25, 0.3) is 0 Å². The topological polar surface area (TPSA) is 86.8 Å². The third-order valence-electron chi connectivity index (χ3n) is 5.30. The Labute approximate surface area is 168 Å². The number of amides is 2. The summed E-state index contributed by atoms with van der Waals surface area (Å²) < 4.78 is 39.8. The van der Waals surface area contributed by atoms with Crippen molar-refractivity contribution < 1.29 is 22.4 Å². The van der Waals surface area contributed by atoms with Gasteiger partial charge in [-0.1, -0.05) is 18.2 Å². The van der Waals surface area contributed by atoms with Crippen LogP contribution in [0.2, 0.25) is 0 Å². The van der Waals surface area contributed by atoms with Gasteiger partial charge in [-0.2, -0.15) is 4.31 Å². The summed E-state index contributed by atoms with van der Waals surface area (Å²) in [6, 6.07) is 11.9. The molecule has 9 heteroatoms. The van der Waals surface area contributed by atoms with Crippen molar-refractivity contribution in [2.75, 3.05) is 31.5 Å². The van der Waals surface area contributed by atoms with Gasteiger partial charge in [0.25, 0.3) is 0 Å². The second-order valence-electron chi connectivity index (χ2n) is 7.08. The average Bonchev–Trinajstić information content (AvgIpc) is 2.73. The minimum atomic E-state index is -3.75. The van der Waals surface area contributed by atoms with Crippen LogP contribution in [0.4, 0.5) is 10.1 Å². The highest BCUT2D eigenvalue weighted by molar-refractivity contribution is 7.89. The monoisotopic (exact) mass is 417 g/mol. The van der Waals surface area contributed by atoms with Gasteiger partial charge in [-0.3, -0.25) is 9.59 Å². The van der Waals surface area contributed by atoms with E-state index < -0.39 is 21.8 Å². The van der Waals surface area contributed by atoms with Crippen LogP contribution in [0, 0.1) is 5.82 Å². The van der Waals surface area contributed by atoms with Crippen molar-refractivity contribution >= 4 is 27.5 Å². The van der Waals surface area contributed by atoms with E-state index in [-0.39, 0.29) is 49.3 Å². The number of nitrogens with one attached hydrogen (secondary N) is 1. The highest BCUT2D eigenvalue weighted by atomic mass is 32.2. The van der Waals surface area contributed by atoms with Gasteiger partial charge in [-0.15, -0.1) is 0 Å². The fourth-order valence-electron chi connectivity index (χ4n) is 3.76. The molecule has 1 unspecified atom stereocenters. The molecular formula is C20H20FN3O4S. The van der Waals surface area contributed by atoms with E-state index in [2.05, 4.69) is 5.32 Å². The number of hydrogen-bond donors (Lipinski definition) is 1. The van der Waals surface area contributed by atoms with Crippen molar-refractivity contribution in [1.82, 2.24) is 9.21 Å². The fraction of sp³-hybridized carbons (Fsp3) is 0.300. The van der Waals surface area contributed by atoms with Gasteiger partial charge in [0.1, 0.15) is 5.82 Å².